The molecule has 4 nitrogen and oxygen atoms in total. The minimum Gasteiger partial charge on any atom is -0.350 e. The Morgan fingerprint density at radius 2 is 2.41 bits per heavy atom. The molecule has 1 aromatic rings. The summed E-state index contributed by atoms with van der Waals surface area (Å²) in [7, 11) is 0. The Morgan fingerprint density at radius 3 is 2.94 bits per heavy atom. The molecule has 2 rings (SSSR count). The monoisotopic (exact) mass is 261 g/mol. The van der Waals surface area contributed by atoms with Gasteiger partial charge in [0.2, 0.25) is 5.91 Å². The van der Waals surface area contributed by atoms with Crippen molar-refractivity contribution in [2.45, 2.75) is 13.3 Å². The van der Waals surface area contributed by atoms with Crippen LogP contribution in [-0.2, 0) is 4.79 Å². The van der Waals surface area contributed by atoms with E-state index in [0.717, 1.165) is 10.8 Å². The summed E-state index contributed by atoms with van der Waals surface area (Å²) in [6.07, 6.45) is -2.49. The molecule has 94 valence electrons. The zero-order valence-electron chi connectivity index (χ0n) is 9.32. The van der Waals surface area contributed by atoms with Gasteiger partial charge in [-0.15, -0.1) is 11.3 Å². The maximum absolute atomic E-state index is 11.9. The number of amides is 1. The van der Waals surface area contributed by atoms with Crippen LogP contribution in [0.1, 0.15) is 5.69 Å². The number of hydrogen-bond donors (Lipinski definition) is 1. The lowest BCUT2D eigenvalue weighted by atomic mass is 10.0. The van der Waals surface area contributed by atoms with Gasteiger partial charge in [0.05, 0.1) is 18.2 Å². The van der Waals surface area contributed by atoms with E-state index in [1.807, 2.05) is 17.2 Å². The standard InChI is InChI=1S/C10H13F2N3OS/c1-6-5-17-10(14-6)15-3-7(4-15)9(16)13-2-8(11)12/h5,7-8H,2-4H2,1H3,(H,13,16). The molecule has 1 amide bonds. The molecule has 0 aromatic carbocycles. The third kappa shape index (κ3) is 2.91. The smallest absolute Gasteiger partial charge is 0.255 e. The number of anilines is 1. The molecule has 0 radical (unpaired) electrons. The van der Waals surface area contributed by atoms with E-state index in [0.29, 0.717) is 13.1 Å². The van der Waals surface area contributed by atoms with Gasteiger partial charge in [-0.2, -0.15) is 0 Å². The maximum Gasteiger partial charge on any atom is 0.255 e. The van der Waals surface area contributed by atoms with E-state index in [1.54, 1.807) is 0 Å². The highest BCUT2D eigenvalue weighted by molar-refractivity contribution is 7.13. The van der Waals surface area contributed by atoms with Gasteiger partial charge in [0.1, 0.15) is 0 Å². The normalized spacial score (nSPS) is 16.1. The number of aromatic nitrogens is 1. The van der Waals surface area contributed by atoms with Crippen molar-refractivity contribution in [3.05, 3.63) is 11.1 Å². The van der Waals surface area contributed by atoms with Crippen molar-refractivity contribution in [1.82, 2.24) is 10.3 Å². The summed E-state index contributed by atoms with van der Waals surface area (Å²) in [5.41, 5.74) is 0.954. The van der Waals surface area contributed by atoms with Crippen LogP contribution in [0.15, 0.2) is 5.38 Å². The highest BCUT2D eigenvalue weighted by Crippen LogP contribution is 2.27. The lowest BCUT2D eigenvalue weighted by molar-refractivity contribution is -0.126. The molecule has 1 fully saturated rings. The molecule has 0 atom stereocenters. The first-order valence-corrected chi connectivity index (χ1v) is 6.17. The van der Waals surface area contributed by atoms with E-state index in [1.165, 1.54) is 11.3 Å². The number of rotatable bonds is 4. The molecule has 1 aromatic heterocycles. The van der Waals surface area contributed by atoms with Crippen LogP contribution in [0.2, 0.25) is 0 Å². The van der Waals surface area contributed by atoms with Crippen molar-refractivity contribution in [2.24, 2.45) is 5.92 Å². The molecule has 1 saturated heterocycles. The van der Waals surface area contributed by atoms with Crippen LogP contribution < -0.4 is 10.2 Å². The van der Waals surface area contributed by atoms with Gasteiger partial charge >= 0.3 is 0 Å². The van der Waals surface area contributed by atoms with Crippen LogP contribution in [0.4, 0.5) is 13.9 Å². The first kappa shape index (κ1) is 12.2. The van der Waals surface area contributed by atoms with Gasteiger partial charge in [0.15, 0.2) is 5.13 Å². The van der Waals surface area contributed by atoms with Gasteiger partial charge < -0.3 is 10.2 Å². The maximum atomic E-state index is 11.9. The van der Waals surface area contributed by atoms with Crippen LogP contribution in [0, 0.1) is 12.8 Å². The van der Waals surface area contributed by atoms with Gasteiger partial charge in [-0.1, -0.05) is 0 Å². The fraction of sp³-hybridized carbons (Fsp3) is 0.600. The Labute approximate surface area is 102 Å². The third-order valence-electron chi connectivity index (χ3n) is 2.56. The second-order valence-electron chi connectivity index (χ2n) is 4.01. The summed E-state index contributed by atoms with van der Waals surface area (Å²) in [6.45, 7) is 2.46. The number of aryl methyl sites for hydroxylation is 1. The van der Waals surface area contributed by atoms with Gasteiger partial charge in [-0.05, 0) is 6.92 Å². The van der Waals surface area contributed by atoms with Crippen molar-refractivity contribution in [1.29, 1.82) is 0 Å². The van der Waals surface area contributed by atoms with Crippen molar-refractivity contribution in [2.75, 3.05) is 24.5 Å². The molecule has 1 N–H and O–H groups in total. The largest absolute Gasteiger partial charge is 0.350 e. The number of carbonyl (C=O) groups is 1. The van der Waals surface area contributed by atoms with E-state index in [2.05, 4.69) is 10.3 Å². The first-order chi connectivity index (χ1) is 8.06. The van der Waals surface area contributed by atoms with E-state index >= 15 is 0 Å². The highest BCUT2D eigenvalue weighted by Gasteiger charge is 2.34. The topological polar surface area (TPSA) is 45.2 Å². The predicted molar refractivity (Wildman–Crippen MR) is 61.6 cm³/mol. The average Bonchev–Trinajstić information content (AvgIpc) is 2.59. The van der Waals surface area contributed by atoms with Gasteiger partial charge in [0.25, 0.3) is 6.43 Å². The zero-order valence-corrected chi connectivity index (χ0v) is 10.1. The number of thiazole rings is 1. The molecule has 17 heavy (non-hydrogen) atoms. The Bertz CT molecular complexity index is 404. The first-order valence-electron chi connectivity index (χ1n) is 5.29. The molecule has 0 saturated carbocycles. The number of alkyl halides is 2. The summed E-state index contributed by atoms with van der Waals surface area (Å²) in [4.78, 5) is 17.7. The molecule has 2 heterocycles. The molecule has 7 heteroatoms. The highest BCUT2D eigenvalue weighted by atomic mass is 32.1. The Kier molecular flexibility index (Phi) is 3.56. The number of hydrogen-bond acceptors (Lipinski definition) is 4. The molecular formula is C10H13F2N3OS. The summed E-state index contributed by atoms with van der Waals surface area (Å²) in [5.74, 6) is -0.493. The predicted octanol–water partition coefficient (Wildman–Crippen LogP) is 1.27. The van der Waals surface area contributed by atoms with Crippen LogP contribution in [0.3, 0.4) is 0 Å². The van der Waals surface area contributed by atoms with Crippen molar-refractivity contribution in [3.8, 4) is 0 Å². The Morgan fingerprint density at radius 1 is 1.71 bits per heavy atom. The quantitative estimate of drug-likeness (QED) is 0.887. The summed E-state index contributed by atoms with van der Waals surface area (Å²) in [5, 5.41) is 5.06. The summed E-state index contributed by atoms with van der Waals surface area (Å²) >= 11 is 1.53. The Hall–Kier alpha value is -1.24. The number of halogens is 2. The van der Waals surface area contributed by atoms with Crippen LogP contribution in [-0.4, -0.2) is 37.0 Å². The van der Waals surface area contributed by atoms with Crippen LogP contribution in [0.25, 0.3) is 0 Å². The van der Waals surface area contributed by atoms with E-state index in [9.17, 15) is 13.6 Å². The number of nitrogens with zero attached hydrogens (tertiary/aromatic N) is 2. The van der Waals surface area contributed by atoms with E-state index < -0.39 is 13.0 Å². The molecule has 0 unspecified atom stereocenters. The van der Waals surface area contributed by atoms with Gasteiger partial charge in [-0.25, -0.2) is 13.8 Å². The summed E-state index contributed by atoms with van der Waals surface area (Å²) < 4.78 is 23.8. The van der Waals surface area contributed by atoms with Crippen molar-refractivity contribution >= 4 is 22.4 Å². The minimum atomic E-state index is -2.49. The zero-order chi connectivity index (χ0) is 12.4. The fourth-order valence-electron chi connectivity index (χ4n) is 1.61. The number of nitrogens with one attached hydrogen (secondary N) is 1. The fourth-order valence-corrected chi connectivity index (χ4v) is 2.43. The van der Waals surface area contributed by atoms with Crippen molar-refractivity contribution in [3.63, 3.8) is 0 Å². The lowest BCUT2D eigenvalue weighted by Gasteiger charge is -2.37. The second-order valence-corrected chi connectivity index (χ2v) is 4.85. The Balaban J connectivity index is 1.77. The van der Waals surface area contributed by atoms with Gasteiger partial charge in [-0.3, -0.25) is 4.79 Å². The molecule has 0 spiro atoms. The van der Waals surface area contributed by atoms with Crippen LogP contribution in [0.5, 0.6) is 0 Å². The van der Waals surface area contributed by atoms with Gasteiger partial charge in [0, 0.05) is 18.5 Å². The van der Waals surface area contributed by atoms with E-state index in [4.69, 9.17) is 0 Å². The van der Waals surface area contributed by atoms with Crippen LogP contribution >= 0.6 is 11.3 Å². The summed E-state index contributed by atoms with van der Waals surface area (Å²) in [6, 6.07) is 0. The third-order valence-corrected chi connectivity index (χ3v) is 3.58. The second kappa shape index (κ2) is 4.95. The minimum absolute atomic E-state index is 0.196. The number of carbonyl (C=O) groups excluding carboxylic acids is 1. The molecular weight excluding hydrogens is 248 g/mol. The molecule has 1 aliphatic rings. The molecule has 0 aliphatic carbocycles. The SMILES string of the molecule is Cc1csc(N2CC(C(=O)NCC(F)F)C2)n1. The molecule has 0 bridgehead atoms. The van der Waals surface area contributed by atoms with E-state index in [-0.39, 0.29) is 11.8 Å². The molecule has 1 aliphatic heterocycles. The average molecular weight is 261 g/mol. The lowest BCUT2D eigenvalue weighted by Crippen LogP contribution is -2.54. The van der Waals surface area contributed by atoms with Crippen molar-refractivity contribution < 1.29 is 13.6 Å².